The number of nitrogens with zero attached hydrogens (tertiary/aromatic N) is 3. The molecule has 1 aromatic carbocycles. The average Bonchev–Trinajstić information content (AvgIpc) is 3.27. The van der Waals surface area contributed by atoms with Crippen molar-refractivity contribution in [2.45, 2.75) is 25.3 Å². The third kappa shape index (κ3) is 3.37. The van der Waals surface area contributed by atoms with Crippen LogP contribution in [0.2, 0.25) is 5.02 Å². The zero-order valence-electron chi connectivity index (χ0n) is 13.2. The Kier molecular flexibility index (Phi) is 4.36. The third-order valence-corrected chi connectivity index (χ3v) is 4.63. The van der Waals surface area contributed by atoms with Crippen LogP contribution in [0.25, 0.3) is 11.5 Å². The molecule has 0 spiro atoms. The van der Waals surface area contributed by atoms with Crippen molar-refractivity contribution in [1.82, 2.24) is 14.9 Å². The van der Waals surface area contributed by atoms with E-state index in [-0.39, 0.29) is 0 Å². The van der Waals surface area contributed by atoms with Gasteiger partial charge in [-0.25, -0.2) is 9.97 Å². The topological polar surface area (TPSA) is 55.3 Å². The quantitative estimate of drug-likeness (QED) is 0.704. The molecule has 2 aromatic heterocycles. The van der Waals surface area contributed by atoms with Gasteiger partial charge in [0, 0.05) is 23.0 Å². The molecule has 3 heterocycles. The molecule has 0 atom stereocenters. The molecule has 24 heavy (non-hydrogen) atoms. The van der Waals surface area contributed by atoms with Crippen molar-refractivity contribution in [1.29, 1.82) is 0 Å². The number of piperidine rings is 1. The third-order valence-electron chi connectivity index (χ3n) is 4.40. The number of halogens is 1. The van der Waals surface area contributed by atoms with Gasteiger partial charge < -0.3 is 8.83 Å². The summed E-state index contributed by atoms with van der Waals surface area (Å²) in [5, 5.41) is 0.681. The van der Waals surface area contributed by atoms with Crippen LogP contribution in [0, 0.1) is 0 Å². The smallest absolute Gasteiger partial charge is 0.226 e. The van der Waals surface area contributed by atoms with Gasteiger partial charge in [-0.2, -0.15) is 0 Å². The highest BCUT2D eigenvalue weighted by Crippen LogP contribution is 2.28. The number of hydrogen-bond donors (Lipinski definition) is 0. The molecular weight excluding hydrogens is 326 g/mol. The van der Waals surface area contributed by atoms with Crippen molar-refractivity contribution in [3.63, 3.8) is 0 Å². The maximum atomic E-state index is 6.02. The largest absolute Gasteiger partial charge is 0.449 e. The number of oxazole rings is 2. The zero-order chi connectivity index (χ0) is 16.4. The van der Waals surface area contributed by atoms with Crippen molar-refractivity contribution in [3.05, 3.63) is 59.6 Å². The van der Waals surface area contributed by atoms with Gasteiger partial charge in [0.05, 0.1) is 11.9 Å². The summed E-state index contributed by atoms with van der Waals surface area (Å²) in [6.07, 6.45) is 7.21. The van der Waals surface area contributed by atoms with Crippen molar-refractivity contribution >= 4 is 11.6 Å². The molecule has 6 heteroatoms. The van der Waals surface area contributed by atoms with Gasteiger partial charge in [-0.1, -0.05) is 17.7 Å². The Bertz CT molecular complexity index is 792. The Labute approximate surface area is 145 Å². The molecule has 124 valence electrons. The molecule has 3 aromatic rings. The summed E-state index contributed by atoms with van der Waals surface area (Å²) in [7, 11) is 0. The molecule has 1 saturated heterocycles. The van der Waals surface area contributed by atoms with Gasteiger partial charge in [0.15, 0.2) is 5.89 Å². The first-order chi connectivity index (χ1) is 11.8. The van der Waals surface area contributed by atoms with E-state index in [1.165, 1.54) is 0 Å². The predicted octanol–water partition coefficient (Wildman–Crippen LogP) is 4.36. The van der Waals surface area contributed by atoms with E-state index in [1.807, 2.05) is 24.3 Å². The van der Waals surface area contributed by atoms with Crippen LogP contribution < -0.4 is 0 Å². The normalized spacial score (nSPS) is 16.5. The minimum atomic E-state index is 0.426. The van der Waals surface area contributed by atoms with Crippen LogP contribution in [0.3, 0.4) is 0 Å². The summed E-state index contributed by atoms with van der Waals surface area (Å²) in [6, 6.07) is 7.55. The summed E-state index contributed by atoms with van der Waals surface area (Å²) in [5.74, 6) is 1.90. The zero-order valence-corrected chi connectivity index (χ0v) is 13.9. The lowest BCUT2D eigenvalue weighted by Crippen LogP contribution is -2.32. The molecule has 4 rings (SSSR count). The molecule has 1 aliphatic rings. The first-order valence-corrected chi connectivity index (χ1v) is 8.48. The molecule has 5 nitrogen and oxygen atoms in total. The van der Waals surface area contributed by atoms with Gasteiger partial charge in [0.25, 0.3) is 0 Å². The average molecular weight is 344 g/mol. The first kappa shape index (κ1) is 15.4. The summed E-state index contributed by atoms with van der Waals surface area (Å²) >= 11 is 6.02. The minimum Gasteiger partial charge on any atom is -0.449 e. The minimum absolute atomic E-state index is 0.426. The molecule has 0 bridgehead atoms. The van der Waals surface area contributed by atoms with Crippen LogP contribution in [-0.2, 0) is 6.54 Å². The number of rotatable bonds is 4. The Morgan fingerprint density at radius 2 is 2.08 bits per heavy atom. The molecule has 1 fully saturated rings. The van der Waals surface area contributed by atoms with Gasteiger partial charge in [-0.15, -0.1) is 0 Å². The van der Waals surface area contributed by atoms with E-state index in [2.05, 4.69) is 14.9 Å². The summed E-state index contributed by atoms with van der Waals surface area (Å²) < 4.78 is 11.0. The van der Waals surface area contributed by atoms with E-state index in [4.69, 9.17) is 20.4 Å². The lowest BCUT2D eigenvalue weighted by Gasteiger charge is -2.29. The second-order valence-electron chi connectivity index (χ2n) is 6.08. The second kappa shape index (κ2) is 6.79. The maximum Gasteiger partial charge on any atom is 0.226 e. The SMILES string of the molecule is Clc1cccc(-c2nc(CN3CCC(c4ncco4)CC3)co2)c1. The Hall–Kier alpha value is -2.11. The van der Waals surface area contributed by atoms with Gasteiger partial charge >= 0.3 is 0 Å². The number of aromatic nitrogens is 2. The molecule has 0 radical (unpaired) electrons. The molecule has 0 N–H and O–H groups in total. The molecule has 1 aliphatic heterocycles. The second-order valence-corrected chi connectivity index (χ2v) is 6.51. The Morgan fingerprint density at radius 1 is 1.21 bits per heavy atom. The van der Waals surface area contributed by atoms with E-state index < -0.39 is 0 Å². The fraction of sp³-hybridized carbons (Fsp3) is 0.333. The summed E-state index contributed by atoms with van der Waals surface area (Å²) in [6.45, 7) is 2.81. The van der Waals surface area contributed by atoms with Crippen LogP contribution >= 0.6 is 11.6 Å². The highest BCUT2D eigenvalue weighted by Gasteiger charge is 2.24. The highest BCUT2D eigenvalue weighted by molar-refractivity contribution is 6.30. The molecule has 0 unspecified atom stereocenters. The van der Waals surface area contributed by atoms with Crippen LogP contribution in [0.1, 0.15) is 30.3 Å². The number of likely N-dealkylation sites (tertiary alicyclic amines) is 1. The van der Waals surface area contributed by atoms with Gasteiger partial charge in [-0.3, -0.25) is 4.90 Å². The summed E-state index contributed by atoms with van der Waals surface area (Å²) in [5.41, 5.74) is 1.84. The van der Waals surface area contributed by atoms with Crippen LogP contribution in [0.15, 0.2) is 51.8 Å². The van der Waals surface area contributed by atoms with Crippen molar-refractivity contribution < 1.29 is 8.83 Å². The van der Waals surface area contributed by atoms with E-state index in [1.54, 1.807) is 18.7 Å². The van der Waals surface area contributed by atoms with E-state index in [9.17, 15) is 0 Å². The fourth-order valence-corrected chi connectivity index (χ4v) is 3.33. The molecule has 0 aliphatic carbocycles. The van der Waals surface area contributed by atoms with Crippen LogP contribution in [-0.4, -0.2) is 28.0 Å². The summed E-state index contributed by atoms with van der Waals surface area (Å²) in [4.78, 5) is 11.2. The highest BCUT2D eigenvalue weighted by atomic mass is 35.5. The molecule has 0 saturated carbocycles. The van der Waals surface area contributed by atoms with Crippen LogP contribution in [0.4, 0.5) is 0 Å². The van der Waals surface area contributed by atoms with Crippen molar-refractivity contribution in [3.8, 4) is 11.5 Å². The molecular formula is C18H18ClN3O2. The van der Waals surface area contributed by atoms with Crippen molar-refractivity contribution in [2.24, 2.45) is 0 Å². The Morgan fingerprint density at radius 3 is 2.83 bits per heavy atom. The fourth-order valence-electron chi connectivity index (χ4n) is 3.14. The Balaban J connectivity index is 1.37. The lowest BCUT2D eigenvalue weighted by molar-refractivity contribution is 0.191. The van der Waals surface area contributed by atoms with Gasteiger partial charge in [-0.05, 0) is 44.1 Å². The number of benzene rings is 1. The monoisotopic (exact) mass is 343 g/mol. The van der Waals surface area contributed by atoms with Crippen molar-refractivity contribution in [2.75, 3.05) is 13.1 Å². The number of hydrogen-bond acceptors (Lipinski definition) is 5. The van der Waals surface area contributed by atoms with Gasteiger partial charge in [0.2, 0.25) is 5.89 Å². The lowest BCUT2D eigenvalue weighted by atomic mass is 9.97. The van der Waals surface area contributed by atoms with E-state index >= 15 is 0 Å². The maximum absolute atomic E-state index is 6.02. The first-order valence-electron chi connectivity index (χ1n) is 8.10. The van der Waals surface area contributed by atoms with E-state index in [0.29, 0.717) is 16.8 Å². The van der Waals surface area contributed by atoms with Crippen LogP contribution in [0.5, 0.6) is 0 Å². The predicted molar refractivity (Wildman–Crippen MR) is 90.7 cm³/mol. The van der Waals surface area contributed by atoms with Gasteiger partial charge in [0.1, 0.15) is 12.5 Å². The molecule has 0 amide bonds. The van der Waals surface area contributed by atoms with E-state index in [0.717, 1.165) is 49.6 Å². The standard InChI is InChI=1S/C18H18ClN3O2/c19-15-3-1-2-14(10-15)18-21-16(12-24-18)11-22-7-4-13(5-8-22)17-20-6-9-23-17/h1-3,6,9-10,12-13H,4-5,7-8,11H2.